The number of hydrogen-bond acceptors (Lipinski definition) is 4. The molecule has 1 N–H and O–H groups in total. The van der Waals surface area contributed by atoms with Gasteiger partial charge in [-0.2, -0.15) is 0 Å². The fourth-order valence-corrected chi connectivity index (χ4v) is 2.56. The number of ether oxygens (including phenoxy) is 2. The monoisotopic (exact) mass is 393 g/mol. The summed E-state index contributed by atoms with van der Waals surface area (Å²) in [7, 11) is 0. The Bertz CT molecular complexity index is 945. The van der Waals surface area contributed by atoms with Gasteiger partial charge in [-0.25, -0.2) is 13.6 Å². The number of esters is 1. The summed E-state index contributed by atoms with van der Waals surface area (Å²) in [6.45, 7) is 1.32. The fraction of sp³-hybridized carbons (Fsp3) is 0.158. The second-order valence-electron chi connectivity index (χ2n) is 5.80. The van der Waals surface area contributed by atoms with Gasteiger partial charge >= 0.3 is 5.97 Å². The zero-order valence-electron chi connectivity index (χ0n) is 14.1. The standard InChI is InChI=1S/C19H14ClF2NO4/c1-10(18(24)23-16-4-3-14(21)8-15(16)22)27-19(25)12-6-11-7-13(20)2-5-17(11)26-9-12/h2-8,10H,9H2,1H3,(H,23,24). The number of anilines is 1. The van der Waals surface area contributed by atoms with Crippen LogP contribution in [0.1, 0.15) is 12.5 Å². The molecule has 1 amide bonds. The van der Waals surface area contributed by atoms with Crippen molar-refractivity contribution in [3.8, 4) is 5.75 Å². The number of hydrogen-bond donors (Lipinski definition) is 1. The highest BCUT2D eigenvalue weighted by Gasteiger charge is 2.24. The molecule has 2 aromatic rings. The molecular formula is C19H14ClF2NO4. The van der Waals surface area contributed by atoms with Crippen LogP contribution in [-0.4, -0.2) is 24.6 Å². The molecular weight excluding hydrogens is 380 g/mol. The number of halogens is 3. The van der Waals surface area contributed by atoms with Gasteiger partial charge in [0.05, 0.1) is 11.3 Å². The van der Waals surface area contributed by atoms with Gasteiger partial charge in [-0.3, -0.25) is 4.79 Å². The molecule has 27 heavy (non-hydrogen) atoms. The highest BCUT2D eigenvalue weighted by molar-refractivity contribution is 6.30. The maximum absolute atomic E-state index is 13.6. The Morgan fingerprint density at radius 3 is 2.74 bits per heavy atom. The molecule has 0 aromatic heterocycles. The van der Waals surface area contributed by atoms with E-state index >= 15 is 0 Å². The summed E-state index contributed by atoms with van der Waals surface area (Å²) in [5.41, 5.74) is 0.608. The van der Waals surface area contributed by atoms with Crippen LogP contribution in [0.5, 0.6) is 5.75 Å². The van der Waals surface area contributed by atoms with Crippen molar-refractivity contribution in [2.75, 3.05) is 11.9 Å². The molecule has 5 nitrogen and oxygen atoms in total. The lowest BCUT2D eigenvalue weighted by Crippen LogP contribution is -2.31. The number of nitrogens with one attached hydrogen (secondary N) is 1. The molecule has 0 saturated carbocycles. The van der Waals surface area contributed by atoms with Crippen LogP contribution >= 0.6 is 11.6 Å². The molecule has 1 aliphatic rings. The van der Waals surface area contributed by atoms with Gasteiger partial charge in [0.1, 0.15) is 24.0 Å². The minimum atomic E-state index is -1.20. The third-order valence-electron chi connectivity index (χ3n) is 3.79. The molecule has 3 rings (SSSR count). The lowest BCUT2D eigenvalue weighted by atomic mass is 10.1. The molecule has 1 atom stereocenters. The van der Waals surface area contributed by atoms with Crippen LogP contribution in [0.3, 0.4) is 0 Å². The summed E-state index contributed by atoms with van der Waals surface area (Å²) in [5, 5.41) is 2.73. The first-order chi connectivity index (χ1) is 12.8. The maximum Gasteiger partial charge on any atom is 0.338 e. The van der Waals surface area contributed by atoms with Gasteiger partial charge in [0.25, 0.3) is 5.91 Å². The molecule has 0 aliphatic carbocycles. The molecule has 0 bridgehead atoms. The maximum atomic E-state index is 13.6. The van der Waals surface area contributed by atoms with Crippen LogP contribution < -0.4 is 10.1 Å². The number of fused-ring (bicyclic) bond motifs is 1. The summed E-state index contributed by atoms with van der Waals surface area (Å²) < 4.78 is 37.1. The molecule has 8 heteroatoms. The van der Waals surface area contributed by atoms with Gasteiger partial charge < -0.3 is 14.8 Å². The molecule has 1 heterocycles. The minimum absolute atomic E-state index is 0.0194. The Labute approximate surface area is 158 Å². The van der Waals surface area contributed by atoms with E-state index in [4.69, 9.17) is 21.1 Å². The van der Waals surface area contributed by atoms with Gasteiger partial charge in [-0.1, -0.05) is 11.6 Å². The Morgan fingerprint density at radius 2 is 2.00 bits per heavy atom. The van der Waals surface area contributed by atoms with E-state index in [0.29, 0.717) is 22.4 Å². The number of carbonyl (C=O) groups is 2. The molecule has 0 spiro atoms. The van der Waals surface area contributed by atoms with E-state index in [1.807, 2.05) is 0 Å². The lowest BCUT2D eigenvalue weighted by Gasteiger charge is -2.19. The Hall–Kier alpha value is -2.93. The first kappa shape index (κ1) is 18.8. The lowest BCUT2D eigenvalue weighted by molar-refractivity contribution is -0.149. The van der Waals surface area contributed by atoms with Gasteiger partial charge in [0, 0.05) is 16.7 Å². The molecule has 0 radical (unpaired) electrons. The van der Waals surface area contributed by atoms with Crippen molar-refractivity contribution >= 4 is 35.2 Å². The minimum Gasteiger partial charge on any atom is -0.488 e. The third kappa shape index (κ3) is 4.43. The zero-order valence-corrected chi connectivity index (χ0v) is 14.8. The zero-order chi connectivity index (χ0) is 19.6. The number of amides is 1. The first-order valence-electron chi connectivity index (χ1n) is 7.93. The second kappa shape index (κ2) is 7.75. The highest BCUT2D eigenvalue weighted by Crippen LogP contribution is 2.29. The molecule has 0 fully saturated rings. The van der Waals surface area contributed by atoms with Crippen molar-refractivity contribution in [3.05, 3.63) is 64.2 Å². The van der Waals surface area contributed by atoms with E-state index in [2.05, 4.69) is 5.32 Å². The summed E-state index contributed by atoms with van der Waals surface area (Å²) in [6, 6.07) is 7.70. The highest BCUT2D eigenvalue weighted by atomic mass is 35.5. The van der Waals surface area contributed by atoms with Crippen molar-refractivity contribution in [3.63, 3.8) is 0 Å². The van der Waals surface area contributed by atoms with E-state index in [1.54, 1.807) is 24.3 Å². The van der Waals surface area contributed by atoms with Crippen molar-refractivity contribution in [2.45, 2.75) is 13.0 Å². The fourth-order valence-electron chi connectivity index (χ4n) is 2.38. The van der Waals surface area contributed by atoms with Crippen LogP contribution in [0.25, 0.3) is 6.08 Å². The quantitative estimate of drug-likeness (QED) is 0.798. The third-order valence-corrected chi connectivity index (χ3v) is 4.02. The molecule has 0 saturated heterocycles. The van der Waals surface area contributed by atoms with Crippen molar-refractivity contribution in [2.24, 2.45) is 0 Å². The smallest absolute Gasteiger partial charge is 0.338 e. The molecule has 140 valence electrons. The molecule has 1 aliphatic heterocycles. The van der Waals surface area contributed by atoms with Crippen LogP contribution in [0.2, 0.25) is 5.02 Å². The molecule has 2 aromatic carbocycles. The predicted octanol–water partition coefficient (Wildman–Crippen LogP) is 3.96. The van der Waals surface area contributed by atoms with E-state index in [-0.39, 0.29) is 17.9 Å². The van der Waals surface area contributed by atoms with Gasteiger partial charge in [-0.05, 0) is 43.3 Å². The summed E-state index contributed by atoms with van der Waals surface area (Å²) in [5.74, 6) is -2.63. The second-order valence-corrected chi connectivity index (χ2v) is 6.24. The van der Waals surface area contributed by atoms with Gasteiger partial charge in [0.15, 0.2) is 6.10 Å². The normalized spacial score (nSPS) is 13.7. The van der Waals surface area contributed by atoms with Crippen LogP contribution in [0.4, 0.5) is 14.5 Å². The van der Waals surface area contributed by atoms with E-state index in [1.165, 1.54) is 6.92 Å². The molecule has 1 unspecified atom stereocenters. The SMILES string of the molecule is CC(OC(=O)C1=Cc2cc(Cl)ccc2OC1)C(=O)Nc1ccc(F)cc1F. The van der Waals surface area contributed by atoms with Gasteiger partial charge in [-0.15, -0.1) is 0 Å². The van der Waals surface area contributed by atoms with E-state index in [0.717, 1.165) is 12.1 Å². The van der Waals surface area contributed by atoms with E-state index in [9.17, 15) is 18.4 Å². The number of rotatable bonds is 4. The number of carbonyl (C=O) groups excluding carboxylic acids is 2. The Balaban J connectivity index is 1.66. The summed E-state index contributed by atoms with van der Waals surface area (Å²) >= 11 is 5.92. The predicted molar refractivity (Wildman–Crippen MR) is 95.5 cm³/mol. The van der Waals surface area contributed by atoms with Crippen LogP contribution in [-0.2, 0) is 14.3 Å². The van der Waals surface area contributed by atoms with Crippen molar-refractivity contribution < 1.29 is 27.8 Å². The Kier molecular flexibility index (Phi) is 5.41. The number of benzene rings is 2. The van der Waals surface area contributed by atoms with E-state index < -0.39 is 29.6 Å². The average Bonchev–Trinajstić information content (AvgIpc) is 2.63. The van der Waals surface area contributed by atoms with Crippen molar-refractivity contribution in [1.29, 1.82) is 0 Å². The van der Waals surface area contributed by atoms with Crippen molar-refractivity contribution in [1.82, 2.24) is 0 Å². The first-order valence-corrected chi connectivity index (χ1v) is 8.31. The van der Waals surface area contributed by atoms with Crippen LogP contribution in [0, 0.1) is 11.6 Å². The van der Waals surface area contributed by atoms with Crippen LogP contribution in [0.15, 0.2) is 42.0 Å². The largest absolute Gasteiger partial charge is 0.488 e. The van der Waals surface area contributed by atoms with Gasteiger partial charge in [0.2, 0.25) is 0 Å². The average molecular weight is 394 g/mol. The summed E-state index contributed by atoms with van der Waals surface area (Å²) in [6.07, 6.45) is 0.362. The Morgan fingerprint density at radius 1 is 1.22 bits per heavy atom. The summed E-state index contributed by atoms with van der Waals surface area (Å²) in [4.78, 5) is 24.4. The topological polar surface area (TPSA) is 64.6 Å².